The van der Waals surface area contributed by atoms with Crippen molar-refractivity contribution < 1.29 is 0 Å². The van der Waals surface area contributed by atoms with Gasteiger partial charge in [0.2, 0.25) is 0 Å². The van der Waals surface area contributed by atoms with Gasteiger partial charge < -0.3 is 10.6 Å². The molecule has 0 saturated heterocycles. The van der Waals surface area contributed by atoms with E-state index in [1.807, 2.05) is 38.2 Å². The van der Waals surface area contributed by atoms with Crippen LogP contribution in [0.3, 0.4) is 0 Å². The van der Waals surface area contributed by atoms with Crippen molar-refractivity contribution >= 4 is 11.6 Å². The van der Waals surface area contributed by atoms with Crippen molar-refractivity contribution in [2.45, 2.75) is 13.5 Å². The van der Waals surface area contributed by atoms with Crippen molar-refractivity contribution in [2.24, 2.45) is 0 Å². The van der Waals surface area contributed by atoms with Crippen LogP contribution in [0, 0.1) is 18.3 Å². The monoisotopic (exact) mass is 253 g/mol. The smallest absolute Gasteiger partial charge is 0.132 e. The molecule has 1 aromatic carbocycles. The zero-order chi connectivity index (χ0) is 13.7. The number of nitriles is 1. The molecule has 0 bridgehead atoms. The molecule has 2 N–H and O–H groups in total. The summed E-state index contributed by atoms with van der Waals surface area (Å²) in [6.45, 7) is 2.47. The first-order chi connectivity index (χ1) is 9.21. The number of rotatable bonds is 4. The molecule has 0 amide bonds. The highest BCUT2D eigenvalue weighted by Crippen LogP contribution is 2.12. The molecule has 0 aliphatic heterocycles. The van der Waals surface area contributed by atoms with E-state index < -0.39 is 0 Å². The Balaban J connectivity index is 2.10. The Morgan fingerprint density at radius 3 is 2.74 bits per heavy atom. The van der Waals surface area contributed by atoms with Crippen LogP contribution < -0.4 is 10.6 Å². The average Bonchev–Trinajstić information content (AvgIpc) is 2.44. The lowest BCUT2D eigenvalue weighted by Crippen LogP contribution is -2.05. The first-order valence-corrected chi connectivity index (χ1v) is 5.97. The maximum absolute atomic E-state index is 8.85. The lowest BCUT2D eigenvalue weighted by atomic mass is 10.1. The summed E-state index contributed by atoms with van der Waals surface area (Å²) in [5.41, 5.74) is 1.70. The number of benzene rings is 1. The molecule has 1 heterocycles. The van der Waals surface area contributed by atoms with Crippen molar-refractivity contribution in [1.82, 2.24) is 9.97 Å². The highest BCUT2D eigenvalue weighted by Gasteiger charge is 2.01. The lowest BCUT2D eigenvalue weighted by molar-refractivity contribution is 1.02. The summed E-state index contributed by atoms with van der Waals surface area (Å²) in [7, 11) is 1.82. The first-order valence-electron chi connectivity index (χ1n) is 5.97. The van der Waals surface area contributed by atoms with Crippen LogP contribution in [-0.4, -0.2) is 17.0 Å². The predicted octanol–water partition coefficient (Wildman–Crippen LogP) is 2.31. The Bertz CT molecular complexity index is 615. The Morgan fingerprint density at radius 2 is 2.00 bits per heavy atom. The SMILES string of the molecule is CNc1cc(NCc2cccc(C#N)c2)nc(C)n1. The Kier molecular flexibility index (Phi) is 3.94. The molecule has 1 aromatic heterocycles. The molecule has 0 aliphatic carbocycles. The van der Waals surface area contributed by atoms with E-state index in [4.69, 9.17) is 5.26 Å². The minimum atomic E-state index is 0.620. The third-order valence-corrected chi connectivity index (χ3v) is 2.62. The molecule has 0 spiro atoms. The summed E-state index contributed by atoms with van der Waals surface area (Å²) in [6, 6.07) is 11.5. The highest BCUT2D eigenvalue weighted by molar-refractivity contribution is 5.47. The number of nitrogens with zero attached hydrogens (tertiary/aromatic N) is 3. The fourth-order valence-corrected chi connectivity index (χ4v) is 1.73. The van der Waals surface area contributed by atoms with Gasteiger partial charge in [-0.3, -0.25) is 0 Å². The molecular formula is C14H15N5. The molecule has 0 atom stereocenters. The Hall–Kier alpha value is -2.61. The summed E-state index contributed by atoms with van der Waals surface area (Å²) in [5, 5.41) is 15.1. The van der Waals surface area contributed by atoms with Crippen LogP contribution in [0.1, 0.15) is 17.0 Å². The van der Waals surface area contributed by atoms with Gasteiger partial charge in [-0.15, -0.1) is 0 Å². The normalized spacial score (nSPS) is 9.74. The van der Waals surface area contributed by atoms with Crippen LogP contribution in [0.5, 0.6) is 0 Å². The van der Waals surface area contributed by atoms with Gasteiger partial charge in [-0.2, -0.15) is 5.26 Å². The summed E-state index contributed by atoms with van der Waals surface area (Å²) in [5.74, 6) is 2.25. The van der Waals surface area contributed by atoms with Crippen molar-refractivity contribution in [3.63, 3.8) is 0 Å². The third kappa shape index (κ3) is 3.42. The fourth-order valence-electron chi connectivity index (χ4n) is 1.73. The van der Waals surface area contributed by atoms with E-state index in [1.165, 1.54) is 0 Å². The van der Waals surface area contributed by atoms with Gasteiger partial charge in [0.1, 0.15) is 17.5 Å². The Morgan fingerprint density at radius 1 is 1.21 bits per heavy atom. The second kappa shape index (κ2) is 5.83. The summed E-state index contributed by atoms with van der Waals surface area (Å²) >= 11 is 0. The highest BCUT2D eigenvalue weighted by atomic mass is 15.1. The van der Waals surface area contributed by atoms with E-state index in [0.29, 0.717) is 17.9 Å². The van der Waals surface area contributed by atoms with Crippen LogP contribution in [0.2, 0.25) is 0 Å². The van der Waals surface area contributed by atoms with Gasteiger partial charge in [0, 0.05) is 19.7 Å². The van der Waals surface area contributed by atoms with Crippen LogP contribution in [0.25, 0.3) is 0 Å². The van der Waals surface area contributed by atoms with Gasteiger partial charge in [0.05, 0.1) is 11.6 Å². The number of anilines is 2. The van der Waals surface area contributed by atoms with Gasteiger partial charge in [0.25, 0.3) is 0 Å². The average molecular weight is 253 g/mol. The van der Waals surface area contributed by atoms with E-state index in [2.05, 4.69) is 26.7 Å². The van der Waals surface area contributed by atoms with E-state index in [-0.39, 0.29) is 0 Å². The van der Waals surface area contributed by atoms with Gasteiger partial charge in [0.15, 0.2) is 0 Å². The topological polar surface area (TPSA) is 73.6 Å². The van der Waals surface area contributed by atoms with Crippen molar-refractivity contribution in [3.8, 4) is 6.07 Å². The second-order valence-corrected chi connectivity index (χ2v) is 4.10. The van der Waals surface area contributed by atoms with E-state index in [9.17, 15) is 0 Å². The van der Waals surface area contributed by atoms with E-state index in [0.717, 1.165) is 17.2 Å². The molecule has 2 aromatic rings. The zero-order valence-electron chi connectivity index (χ0n) is 10.9. The van der Waals surface area contributed by atoms with Gasteiger partial charge in [-0.1, -0.05) is 12.1 Å². The number of aryl methyl sites for hydroxylation is 1. The standard InChI is InChI=1S/C14H15N5/c1-10-18-13(16-2)7-14(19-10)17-9-12-5-3-4-11(6-12)8-15/h3-7H,9H2,1-2H3,(H2,16,17,18,19). The minimum absolute atomic E-state index is 0.620. The van der Waals surface area contributed by atoms with Crippen LogP contribution in [0.15, 0.2) is 30.3 Å². The van der Waals surface area contributed by atoms with Gasteiger partial charge >= 0.3 is 0 Å². The third-order valence-electron chi connectivity index (χ3n) is 2.62. The maximum atomic E-state index is 8.85. The van der Waals surface area contributed by atoms with E-state index >= 15 is 0 Å². The second-order valence-electron chi connectivity index (χ2n) is 4.10. The predicted molar refractivity (Wildman–Crippen MR) is 74.8 cm³/mol. The number of aromatic nitrogens is 2. The zero-order valence-corrected chi connectivity index (χ0v) is 10.9. The largest absolute Gasteiger partial charge is 0.373 e. The molecule has 5 heteroatoms. The molecule has 0 aliphatic rings. The molecule has 0 saturated carbocycles. The van der Waals surface area contributed by atoms with Crippen LogP contribution in [-0.2, 0) is 6.54 Å². The van der Waals surface area contributed by atoms with Crippen molar-refractivity contribution in [2.75, 3.05) is 17.7 Å². The molecule has 2 rings (SSSR count). The van der Waals surface area contributed by atoms with Crippen LogP contribution >= 0.6 is 0 Å². The summed E-state index contributed by atoms with van der Waals surface area (Å²) < 4.78 is 0. The summed E-state index contributed by atoms with van der Waals surface area (Å²) in [6.07, 6.45) is 0. The molecular weight excluding hydrogens is 238 g/mol. The van der Waals surface area contributed by atoms with Crippen molar-refractivity contribution in [3.05, 3.63) is 47.3 Å². The molecule has 96 valence electrons. The number of hydrogen-bond acceptors (Lipinski definition) is 5. The molecule has 0 radical (unpaired) electrons. The molecule has 19 heavy (non-hydrogen) atoms. The molecule has 0 unspecified atom stereocenters. The van der Waals surface area contributed by atoms with Gasteiger partial charge in [-0.05, 0) is 24.6 Å². The molecule has 0 fully saturated rings. The van der Waals surface area contributed by atoms with Crippen molar-refractivity contribution in [1.29, 1.82) is 5.26 Å². The quantitative estimate of drug-likeness (QED) is 0.874. The molecule has 5 nitrogen and oxygen atoms in total. The fraction of sp³-hybridized carbons (Fsp3) is 0.214. The van der Waals surface area contributed by atoms with Crippen LogP contribution in [0.4, 0.5) is 11.6 Å². The Labute approximate surface area is 112 Å². The maximum Gasteiger partial charge on any atom is 0.132 e. The van der Waals surface area contributed by atoms with E-state index in [1.54, 1.807) is 6.07 Å². The van der Waals surface area contributed by atoms with Gasteiger partial charge in [-0.25, -0.2) is 9.97 Å². The minimum Gasteiger partial charge on any atom is -0.373 e. The number of hydrogen-bond donors (Lipinski definition) is 2. The first kappa shape index (κ1) is 12.8. The number of nitrogens with one attached hydrogen (secondary N) is 2. The lowest BCUT2D eigenvalue weighted by Gasteiger charge is -2.08. The summed E-state index contributed by atoms with van der Waals surface area (Å²) in [4.78, 5) is 8.54.